The molecule has 1 aliphatic heterocycles. The molecule has 0 saturated heterocycles. The van der Waals surface area contributed by atoms with Gasteiger partial charge in [-0.05, 0) is 22.8 Å². The van der Waals surface area contributed by atoms with Gasteiger partial charge < -0.3 is 15.4 Å². The molecule has 7 nitrogen and oxygen atoms in total. The van der Waals surface area contributed by atoms with E-state index in [2.05, 4.69) is 0 Å². The number of nitrogens with zero attached hydrogens (tertiary/aromatic N) is 4. The zero-order valence-corrected chi connectivity index (χ0v) is 18.1. The second-order valence-corrected chi connectivity index (χ2v) is 8.14. The Hall–Kier alpha value is -4.61. The van der Waals surface area contributed by atoms with Gasteiger partial charge in [-0.25, -0.2) is 9.18 Å². The number of rotatable bonds is 3. The van der Waals surface area contributed by atoms with Crippen molar-refractivity contribution >= 4 is 6.09 Å². The van der Waals surface area contributed by atoms with E-state index < -0.39 is 29.2 Å². The molecule has 4 rings (SSSR count). The minimum Gasteiger partial charge on any atom is -0.445 e. The molecule has 8 heteroatoms. The lowest BCUT2D eigenvalue weighted by Crippen LogP contribution is -2.49. The number of hydrogen-bond donors (Lipinski definition) is 1. The van der Waals surface area contributed by atoms with Gasteiger partial charge in [0.2, 0.25) is 0 Å². The second kappa shape index (κ2) is 9.10. The van der Waals surface area contributed by atoms with Crippen LogP contribution in [-0.2, 0) is 11.3 Å². The predicted molar refractivity (Wildman–Crippen MR) is 119 cm³/mol. The van der Waals surface area contributed by atoms with Crippen LogP contribution < -0.4 is 5.73 Å². The highest BCUT2D eigenvalue weighted by Crippen LogP contribution is 2.54. The van der Waals surface area contributed by atoms with E-state index in [1.807, 2.05) is 48.5 Å². The van der Waals surface area contributed by atoms with Crippen LogP contribution in [0.1, 0.15) is 17.0 Å². The van der Waals surface area contributed by atoms with Gasteiger partial charge in [0, 0.05) is 24.9 Å². The van der Waals surface area contributed by atoms with Crippen molar-refractivity contribution < 1.29 is 13.9 Å². The molecule has 168 valence electrons. The Morgan fingerprint density at radius 2 is 1.79 bits per heavy atom. The van der Waals surface area contributed by atoms with Crippen LogP contribution in [0.5, 0.6) is 0 Å². The summed E-state index contributed by atoms with van der Waals surface area (Å²) in [4.78, 5) is 14.3. The maximum absolute atomic E-state index is 15.0. The fraction of sp³-hybridized carbons (Fsp3) is 0.231. The molecule has 0 spiro atoms. The maximum Gasteiger partial charge on any atom is 0.410 e. The Balaban J connectivity index is 1.75. The Morgan fingerprint density at radius 1 is 1.12 bits per heavy atom. The first kappa shape index (κ1) is 22.6. The average molecular weight is 453 g/mol. The van der Waals surface area contributed by atoms with Crippen LogP contribution in [0.4, 0.5) is 9.18 Å². The molecule has 2 aromatic carbocycles. The Labute approximate surface area is 196 Å². The van der Waals surface area contributed by atoms with Crippen LogP contribution in [0.3, 0.4) is 0 Å². The van der Waals surface area contributed by atoms with E-state index in [0.717, 1.165) is 5.56 Å². The highest BCUT2D eigenvalue weighted by Gasteiger charge is 2.55. The summed E-state index contributed by atoms with van der Waals surface area (Å²) in [6.45, 7) is 0.251. The van der Waals surface area contributed by atoms with Crippen molar-refractivity contribution in [2.24, 2.45) is 17.1 Å². The zero-order chi connectivity index (χ0) is 24.3. The molecule has 0 aromatic heterocycles. The van der Waals surface area contributed by atoms with E-state index in [1.165, 1.54) is 23.1 Å². The van der Waals surface area contributed by atoms with Gasteiger partial charge in [0.25, 0.3) is 0 Å². The summed E-state index contributed by atoms with van der Waals surface area (Å²) in [5, 5.41) is 30.0. The van der Waals surface area contributed by atoms with Crippen LogP contribution in [-0.4, -0.2) is 24.1 Å². The molecule has 2 aromatic rings. The number of ether oxygens (including phenoxy) is 1. The molecule has 2 unspecified atom stereocenters. The molecule has 0 fully saturated rings. The number of fused-ring (bicyclic) bond motifs is 1. The molecule has 2 aliphatic rings. The first-order valence-corrected chi connectivity index (χ1v) is 10.6. The van der Waals surface area contributed by atoms with Gasteiger partial charge in [-0.1, -0.05) is 54.6 Å². The lowest BCUT2D eigenvalue weighted by atomic mass is 9.58. The van der Waals surface area contributed by atoms with E-state index in [9.17, 15) is 25.0 Å². The largest absolute Gasteiger partial charge is 0.445 e. The van der Waals surface area contributed by atoms with Crippen molar-refractivity contribution in [3.05, 3.63) is 94.5 Å². The van der Waals surface area contributed by atoms with Gasteiger partial charge in [0.05, 0.1) is 23.4 Å². The molecule has 1 heterocycles. The molecule has 34 heavy (non-hydrogen) atoms. The molecule has 0 saturated carbocycles. The van der Waals surface area contributed by atoms with E-state index >= 15 is 0 Å². The number of nitriles is 3. The molecular formula is C26H20FN5O2. The molecule has 0 radical (unpaired) electrons. The molecule has 1 amide bonds. The summed E-state index contributed by atoms with van der Waals surface area (Å²) in [6, 6.07) is 21.0. The fourth-order valence-corrected chi connectivity index (χ4v) is 4.71. The van der Waals surface area contributed by atoms with Crippen LogP contribution in [0.15, 0.2) is 77.5 Å². The van der Waals surface area contributed by atoms with Crippen LogP contribution in [0.25, 0.3) is 0 Å². The van der Waals surface area contributed by atoms with Gasteiger partial charge in [-0.3, -0.25) is 0 Å². The number of halogens is 1. The van der Waals surface area contributed by atoms with E-state index in [4.69, 9.17) is 10.5 Å². The summed E-state index contributed by atoms with van der Waals surface area (Å²) in [5.74, 6) is -2.34. The monoisotopic (exact) mass is 453 g/mol. The number of carbonyl (C=O) groups is 1. The van der Waals surface area contributed by atoms with Gasteiger partial charge in [-0.2, -0.15) is 15.8 Å². The first-order chi connectivity index (χ1) is 16.5. The quantitative estimate of drug-likeness (QED) is 0.751. The molecule has 0 bridgehead atoms. The van der Waals surface area contributed by atoms with Crippen molar-refractivity contribution in [2.45, 2.75) is 12.5 Å². The highest BCUT2D eigenvalue weighted by atomic mass is 19.1. The Kier molecular flexibility index (Phi) is 6.04. The predicted octanol–water partition coefficient (Wildman–Crippen LogP) is 3.89. The summed E-state index contributed by atoms with van der Waals surface area (Å²) in [5.41, 5.74) is 5.52. The maximum atomic E-state index is 15.0. The number of allylic oxidation sites excluding steroid dienone is 2. The first-order valence-electron chi connectivity index (χ1n) is 10.6. The van der Waals surface area contributed by atoms with Gasteiger partial charge >= 0.3 is 6.09 Å². The number of carbonyl (C=O) groups excluding carboxylic acids is 1. The molecule has 1 aliphatic carbocycles. The van der Waals surface area contributed by atoms with E-state index in [0.29, 0.717) is 5.57 Å². The third-order valence-corrected chi connectivity index (χ3v) is 6.37. The lowest BCUT2D eigenvalue weighted by molar-refractivity contribution is 0.0897. The average Bonchev–Trinajstić information content (AvgIpc) is 2.87. The van der Waals surface area contributed by atoms with E-state index in [1.54, 1.807) is 12.1 Å². The normalized spacial score (nSPS) is 20.8. The van der Waals surface area contributed by atoms with Gasteiger partial charge in [0.1, 0.15) is 18.5 Å². The van der Waals surface area contributed by atoms with Gasteiger partial charge in [-0.15, -0.1) is 0 Å². The summed E-state index contributed by atoms with van der Waals surface area (Å²) >= 11 is 0. The van der Waals surface area contributed by atoms with Crippen LogP contribution in [0, 0.1) is 51.1 Å². The zero-order valence-electron chi connectivity index (χ0n) is 18.1. The lowest BCUT2D eigenvalue weighted by Gasteiger charge is -2.45. The number of nitrogens with two attached hydrogens (primary N) is 1. The van der Waals surface area contributed by atoms with Crippen molar-refractivity contribution in [1.29, 1.82) is 15.8 Å². The van der Waals surface area contributed by atoms with Crippen molar-refractivity contribution in [1.82, 2.24) is 4.90 Å². The van der Waals surface area contributed by atoms with Crippen LogP contribution >= 0.6 is 0 Å². The minimum atomic E-state index is -1.98. The summed E-state index contributed by atoms with van der Waals surface area (Å²) in [7, 11) is 0. The Morgan fingerprint density at radius 3 is 2.44 bits per heavy atom. The summed E-state index contributed by atoms with van der Waals surface area (Å²) < 4.78 is 20.4. The van der Waals surface area contributed by atoms with Crippen molar-refractivity contribution in [2.75, 3.05) is 13.1 Å². The number of hydrogen-bond acceptors (Lipinski definition) is 6. The Bertz CT molecular complexity index is 1300. The smallest absolute Gasteiger partial charge is 0.410 e. The molecule has 2 atom stereocenters. The topological polar surface area (TPSA) is 127 Å². The van der Waals surface area contributed by atoms with Crippen LogP contribution in [0.2, 0.25) is 0 Å². The third-order valence-electron chi connectivity index (χ3n) is 6.37. The number of benzene rings is 2. The van der Waals surface area contributed by atoms with Crippen molar-refractivity contribution in [3.8, 4) is 18.2 Å². The van der Waals surface area contributed by atoms with Gasteiger partial charge in [0.15, 0.2) is 5.41 Å². The van der Waals surface area contributed by atoms with Crippen molar-refractivity contribution in [3.63, 3.8) is 0 Å². The standard InChI is InChI=1S/C26H20FN5O2/c27-22-9-5-4-8-19(22)23-21-13-32(25(33)34-14-17-6-2-1-3-7-17)11-10-18(21)20(12-28)24(31)26(23,15-29)16-30/h1-10,21,23H,11,13-14,31H2. The number of amides is 1. The minimum absolute atomic E-state index is 0.0259. The molecule has 2 N–H and O–H groups in total. The summed E-state index contributed by atoms with van der Waals surface area (Å²) in [6.07, 6.45) is 1.07. The van der Waals surface area contributed by atoms with E-state index in [-0.39, 0.29) is 36.5 Å². The SMILES string of the molecule is N#CC1=C(N)C(C#N)(C#N)C(c2ccccc2F)C2CN(C(=O)OCc3ccccc3)CC=C12. The fourth-order valence-electron chi connectivity index (χ4n) is 4.71. The highest BCUT2D eigenvalue weighted by molar-refractivity contribution is 5.69. The molecular weight excluding hydrogens is 433 g/mol. The third kappa shape index (κ3) is 3.64. The second-order valence-electron chi connectivity index (χ2n) is 8.14.